The highest BCUT2D eigenvalue weighted by atomic mass is 16.5. The number of hydrogen-bond acceptors (Lipinski definition) is 5. The van der Waals surface area contributed by atoms with Crippen LogP contribution < -0.4 is 25.3 Å². The van der Waals surface area contributed by atoms with Crippen molar-refractivity contribution in [3.05, 3.63) is 167 Å². The number of amides is 1. The van der Waals surface area contributed by atoms with Crippen LogP contribution in [0.4, 0.5) is 0 Å². The van der Waals surface area contributed by atoms with Gasteiger partial charge < -0.3 is 25.3 Å². The molecule has 5 rings (SSSR count). The van der Waals surface area contributed by atoms with Crippen molar-refractivity contribution in [1.82, 2.24) is 5.32 Å². The van der Waals surface area contributed by atoms with E-state index in [1.165, 1.54) is 0 Å². The molecule has 2 atom stereocenters. The normalized spacial score (nSPS) is 16.9. The van der Waals surface area contributed by atoms with Crippen LogP contribution in [-0.2, 0) is 4.79 Å². The quantitative estimate of drug-likeness (QED) is 0.188. The van der Waals surface area contributed by atoms with Crippen molar-refractivity contribution < 1.29 is 19.0 Å². The van der Waals surface area contributed by atoms with Gasteiger partial charge >= 0.3 is 0 Å². The molecule has 0 bridgehead atoms. The van der Waals surface area contributed by atoms with E-state index in [0.717, 1.165) is 39.0 Å². The molecule has 3 N–H and O–H groups in total. The van der Waals surface area contributed by atoms with E-state index in [4.69, 9.17) is 19.9 Å². The highest BCUT2D eigenvalue weighted by molar-refractivity contribution is 5.79. The summed E-state index contributed by atoms with van der Waals surface area (Å²) < 4.78 is 16.7. The Kier molecular flexibility index (Phi) is 10.3. The number of carbonyl (C=O) groups excluding carboxylic acids is 1. The summed E-state index contributed by atoms with van der Waals surface area (Å²) in [7, 11) is 3.22. The Balaban J connectivity index is 1.26. The smallest absolute Gasteiger partial charge is 0.258 e. The van der Waals surface area contributed by atoms with E-state index in [2.05, 4.69) is 53.9 Å². The molecule has 4 aromatic carbocycles. The van der Waals surface area contributed by atoms with Crippen molar-refractivity contribution in [2.45, 2.75) is 19.0 Å². The monoisotopic (exact) mass is 598 g/mol. The number of rotatable bonds is 11. The van der Waals surface area contributed by atoms with Crippen LogP contribution in [0.15, 0.2) is 134 Å². The zero-order valence-electron chi connectivity index (χ0n) is 25.8. The molecule has 1 aliphatic carbocycles. The van der Waals surface area contributed by atoms with Gasteiger partial charge in [0, 0.05) is 11.6 Å². The maximum absolute atomic E-state index is 13.2. The Labute approximate surface area is 265 Å². The van der Waals surface area contributed by atoms with Gasteiger partial charge in [0.2, 0.25) is 0 Å². The number of methoxy groups -OCH3 is 2. The van der Waals surface area contributed by atoms with Crippen LogP contribution in [0.3, 0.4) is 0 Å². The van der Waals surface area contributed by atoms with Crippen molar-refractivity contribution in [1.29, 1.82) is 0 Å². The van der Waals surface area contributed by atoms with Crippen LogP contribution in [0.5, 0.6) is 17.2 Å². The minimum absolute atomic E-state index is 0.129. The molecule has 0 aliphatic heterocycles. The maximum Gasteiger partial charge on any atom is 0.258 e. The number of aryl methyl sites for hydroxylation is 1. The fraction of sp³-hybridized carbons (Fsp3) is 0.154. The van der Waals surface area contributed by atoms with Crippen LogP contribution >= 0.6 is 0 Å². The number of nitrogens with one attached hydrogen (secondary N) is 1. The lowest BCUT2D eigenvalue weighted by atomic mass is 9.95. The van der Waals surface area contributed by atoms with Gasteiger partial charge in [0.1, 0.15) is 17.2 Å². The van der Waals surface area contributed by atoms with E-state index < -0.39 is 6.04 Å². The van der Waals surface area contributed by atoms with Crippen LogP contribution in [-0.4, -0.2) is 26.7 Å². The molecule has 1 aliphatic rings. The number of nitrogens with two attached hydrogens (primary N) is 1. The number of carbonyl (C=O) groups is 1. The lowest BCUT2D eigenvalue weighted by molar-refractivity contribution is -0.123. The molecule has 0 spiro atoms. The van der Waals surface area contributed by atoms with Crippen LogP contribution in [0.2, 0.25) is 0 Å². The number of hydrogen-bond donors (Lipinski definition) is 2. The maximum atomic E-state index is 13.2. The Morgan fingerprint density at radius 3 is 2.04 bits per heavy atom. The molecule has 0 saturated heterocycles. The summed E-state index contributed by atoms with van der Waals surface area (Å²) in [6, 6.07) is 28.8. The molecule has 4 aromatic rings. The van der Waals surface area contributed by atoms with Crippen molar-refractivity contribution >= 4 is 11.5 Å². The predicted octanol–water partition coefficient (Wildman–Crippen LogP) is 7.41. The average Bonchev–Trinajstić information content (AvgIpc) is 3.06. The molecule has 6 heteroatoms. The fourth-order valence-corrected chi connectivity index (χ4v) is 5.12. The molecular formula is C39H38N2O4. The summed E-state index contributed by atoms with van der Waals surface area (Å²) in [5.41, 5.74) is 13.6. The highest BCUT2D eigenvalue weighted by Gasteiger charge is 2.19. The second-order valence-corrected chi connectivity index (χ2v) is 10.7. The summed E-state index contributed by atoms with van der Waals surface area (Å²) in [5, 5.41) is 3.17. The molecule has 0 heterocycles. The first-order chi connectivity index (χ1) is 21.9. The van der Waals surface area contributed by atoms with Crippen molar-refractivity contribution in [3.8, 4) is 17.2 Å². The second-order valence-electron chi connectivity index (χ2n) is 10.7. The van der Waals surface area contributed by atoms with Crippen LogP contribution in [0, 0.1) is 6.92 Å². The van der Waals surface area contributed by atoms with Gasteiger partial charge in [0.25, 0.3) is 5.91 Å². The van der Waals surface area contributed by atoms with Gasteiger partial charge in [0.15, 0.2) is 6.61 Å². The van der Waals surface area contributed by atoms with E-state index in [1.807, 2.05) is 91.9 Å². The zero-order chi connectivity index (χ0) is 31.6. The van der Waals surface area contributed by atoms with Gasteiger partial charge in [-0.05, 0) is 59.0 Å². The van der Waals surface area contributed by atoms with Gasteiger partial charge in [-0.15, -0.1) is 0 Å². The van der Waals surface area contributed by atoms with Gasteiger partial charge in [0.05, 0.1) is 26.3 Å². The second kappa shape index (κ2) is 14.9. The summed E-state index contributed by atoms with van der Waals surface area (Å²) in [6.07, 6.45) is 14.2. The minimum Gasteiger partial charge on any atom is -0.497 e. The van der Waals surface area contributed by atoms with Gasteiger partial charge in [-0.2, -0.15) is 0 Å². The Morgan fingerprint density at radius 2 is 1.36 bits per heavy atom. The van der Waals surface area contributed by atoms with E-state index in [1.54, 1.807) is 14.2 Å². The summed E-state index contributed by atoms with van der Waals surface area (Å²) >= 11 is 0. The molecule has 2 unspecified atom stereocenters. The van der Waals surface area contributed by atoms with E-state index in [0.29, 0.717) is 17.2 Å². The number of benzene rings is 4. The zero-order valence-corrected chi connectivity index (χ0v) is 25.8. The number of ether oxygens (including phenoxy) is 3. The molecule has 0 aromatic heterocycles. The van der Waals surface area contributed by atoms with Crippen LogP contribution in [0.25, 0.3) is 5.57 Å². The Hall–Kier alpha value is -5.33. The molecule has 45 heavy (non-hydrogen) atoms. The first-order valence-electron chi connectivity index (χ1n) is 14.8. The lowest BCUT2D eigenvalue weighted by Gasteiger charge is -2.21. The third-order valence-corrected chi connectivity index (χ3v) is 7.67. The molecule has 1 amide bonds. The van der Waals surface area contributed by atoms with Gasteiger partial charge in [-0.1, -0.05) is 109 Å². The molecule has 228 valence electrons. The minimum atomic E-state index is -0.405. The van der Waals surface area contributed by atoms with E-state index in [-0.39, 0.29) is 18.6 Å². The third-order valence-electron chi connectivity index (χ3n) is 7.67. The Bertz CT molecular complexity index is 1720. The Morgan fingerprint density at radius 1 is 0.733 bits per heavy atom. The lowest BCUT2D eigenvalue weighted by Crippen LogP contribution is -2.33. The molecule has 0 fully saturated rings. The van der Waals surface area contributed by atoms with E-state index in [9.17, 15) is 4.79 Å². The molecule has 0 saturated carbocycles. The summed E-state index contributed by atoms with van der Waals surface area (Å²) in [6.45, 7) is 1.92. The van der Waals surface area contributed by atoms with Gasteiger partial charge in [-0.3, -0.25) is 4.79 Å². The average molecular weight is 599 g/mol. The van der Waals surface area contributed by atoms with Gasteiger partial charge in [-0.25, -0.2) is 0 Å². The number of allylic oxidation sites excluding steroid dienone is 8. The summed E-state index contributed by atoms with van der Waals surface area (Å²) in [4.78, 5) is 13.2. The fourth-order valence-electron chi connectivity index (χ4n) is 5.12. The van der Waals surface area contributed by atoms with Crippen molar-refractivity contribution in [2.75, 3.05) is 20.8 Å². The first kappa shape index (κ1) is 31.1. The molecular weight excluding hydrogens is 560 g/mol. The largest absolute Gasteiger partial charge is 0.497 e. The van der Waals surface area contributed by atoms with Crippen molar-refractivity contribution in [3.63, 3.8) is 0 Å². The first-order valence-corrected chi connectivity index (χ1v) is 14.8. The third kappa shape index (κ3) is 7.99. The molecule has 0 radical (unpaired) electrons. The van der Waals surface area contributed by atoms with E-state index >= 15 is 0 Å². The van der Waals surface area contributed by atoms with Crippen LogP contribution in [0.1, 0.15) is 45.5 Å². The predicted molar refractivity (Wildman–Crippen MR) is 181 cm³/mol. The SMILES string of the molecule is COc1ccc(C(N)c2ccc(OCC(=O)NC(c3ccc(C)cc3)c3ccc(C4=C/C=C\C=C/C=C\4)cc3)cc2)c(OC)c1. The highest BCUT2D eigenvalue weighted by Crippen LogP contribution is 2.32. The topological polar surface area (TPSA) is 82.8 Å². The molecule has 6 nitrogen and oxygen atoms in total. The van der Waals surface area contributed by atoms with Crippen molar-refractivity contribution in [2.24, 2.45) is 5.73 Å². The summed E-state index contributed by atoms with van der Waals surface area (Å²) in [5.74, 6) is 1.70. The standard InChI is InChI=1S/C39H38N2O4/c1-27-11-13-31(14-12-27)39(32-17-15-29(16-18-32)28-9-7-5-4-6-8-10-28)41-37(42)26-45-33-21-19-30(20-22-33)38(40)35-24-23-34(43-2)25-36(35)44-3/h4-25,38-39H,26,40H2,1-3H3,(H,41,42)/b5-4-,6-4?,7-5?,8-6-,9-7-,10-8?,28-9?,28-10+.